The summed E-state index contributed by atoms with van der Waals surface area (Å²) in [5, 5.41) is 20.0. The molecule has 2 N–H and O–H groups in total. The van der Waals surface area contributed by atoms with Gasteiger partial charge in [0.05, 0.1) is 0 Å². The second-order valence-electron chi connectivity index (χ2n) is 8.15. The summed E-state index contributed by atoms with van der Waals surface area (Å²) in [7, 11) is 0. The van der Waals surface area contributed by atoms with Crippen LogP contribution in [0.2, 0.25) is 0 Å². The van der Waals surface area contributed by atoms with Gasteiger partial charge in [0.1, 0.15) is 5.75 Å². The van der Waals surface area contributed by atoms with E-state index in [0.717, 1.165) is 28.7 Å². The quantitative estimate of drug-likeness (QED) is 0.694. The summed E-state index contributed by atoms with van der Waals surface area (Å²) in [5.74, 6) is 0.211. The first kappa shape index (κ1) is 19.9. The topological polar surface area (TPSA) is 57.5 Å². The van der Waals surface area contributed by atoms with E-state index in [1.807, 2.05) is 6.07 Å². The number of hydrogen-bond acceptors (Lipinski definition) is 3. The Hall–Kier alpha value is -1.16. The molecule has 0 fully saturated rings. The van der Waals surface area contributed by atoms with Crippen molar-refractivity contribution >= 4 is 18.6 Å². The van der Waals surface area contributed by atoms with Gasteiger partial charge in [0, 0.05) is 12.0 Å². The number of carboxylic acids is 1. The van der Waals surface area contributed by atoms with Crippen LogP contribution in [0.4, 0.5) is 0 Å². The fourth-order valence-corrected chi connectivity index (χ4v) is 3.23. The third kappa shape index (κ3) is 4.90. The van der Waals surface area contributed by atoms with Gasteiger partial charge < -0.3 is 10.2 Å². The van der Waals surface area contributed by atoms with E-state index in [2.05, 4.69) is 54.2 Å². The van der Waals surface area contributed by atoms with Crippen LogP contribution in [0.5, 0.6) is 5.75 Å². The van der Waals surface area contributed by atoms with Crippen molar-refractivity contribution in [3.05, 3.63) is 28.3 Å². The van der Waals surface area contributed by atoms with Crippen molar-refractivity contribution in [2.24, 2.45) is 0 Å². The third-order valence-corrected chi connectivity index (χ3v) is 4.25. The molecule has 3 nitrogen and oxygen atoms in total. The summed E-state index contributed by atoms with van der Waals surface area (Å²) in [6.07, 6.45) is 1.30. The van der Waals surface area contributed by atoms with Crippen LogP contribution in [0.25, 0.3) is 0 Å². The number of aryl methyl sites for hydroxylation is 1. The number of carbonyl (C=O) groups is 1. The predicted molar refractivity (Wildman–Crippen MR) is 99.0 cm³/mol. The molecular weight excluding hydrogens is 308 g/mol. The van der Waals surface area contributed by atoms with Gasteiger partial charge in [-0.1, -0.05) is 47.6 Å². The van der Waals surface area contributed by atoms with Gasteiger partial charge in [-0.15, -0.1) is 0 Å². The van der Waals surface area contributed by atoms with Gasteiger partial charge in [-0.3, -0.25) is 4.79 Å². The molecule has 0 aliphatic carbocycles. The Bertz CT molecular complexity index is 578. The maximum Gasteiger partial charge on any atom is 0.303 e. The van der Waals surface area contributed by atoms with E-state index in [1.54, 1.807) is 0 Å². The zero-order valence-corrected chi connectivity index (χ0v) is 16.1. The lowest BCUT2D eigenvalue weighted by Crippen LogP contribution is -2.21. The molecule has 1 aromatic carbocycles. The first-order valence-electron chi connectivity index (χ1n) is 8.11. The first-order valence-corrected chi connectivity index (χ1v) is 8.74. The molecule has 1 rings (SSSR count). The molecule has 0 unspecified atom stereocenters. The summed E-state index contributed by atoms with van der Waals surface area (Å²) in [5.41, 5.74) is 3.46. The molecule has 0 aromatic heterocycles. The molecule has 0 bridgehead atoms. The molecule has 0 amide bonds. The highest BCUT2D eigenvalue weighted by molar-refractivity contribution is 7.80. The summed E-state index contributed by atoms with van der Waals surface area (Å²) in [6, 6.07) is 1.99. The SMILES string of the molecule is CC(C)(C)c1cc(CCC(=O)O)c(CCS)c(C(C)(C)C)c1O. The Morgan fingerprint density at radius 2 is 1.65 bits per heavy atom. The number of thiol groups is 1. The van der Waals surface area contributed by atoms with E-state index in [9.17, 15) is 9.90 Å². The molecule has 0 saturated heterocycles. The lowest BCUT2D eigenvalue weighted by Gasteiger charge is -2.31. The van der Waals surface area contributed by atoms with Crippen molar-refractivity contribution in [3.8, 4) is 5.75 Å². The van der Waals surface area contributed by atoms with Crippen LogP contribution in [0.15, 0.2) is 6.07 Å². The highest BCUT2D eigenvalue weighted by atomic mass is 32.1. The second kappa shape index (κ2) is 7.16. The van der Waals surface area contributed by atoms with E-state index < -0.39 is 5.97 Å². The minimum absolute atomic E-state index is 0.0948. The molecule has 130 valence electrons. The van der Waals surface area contributed by atoms with E-state index in [-0.39, 0.29) is 17.3 Å². The molecule has 1 aromatic rings. The number of aliphatic carboxylic acids is 1. The highest BCUT2D eigenvalue weighted by Gasteiger charge is 2.30. The number of rotatable bonds is 5. The largest absolute Gasteiger partial charge is 0.507 e. The van der Waals surface area contributed by atoms with Crippen LogP contribution >= 0.6 is 12.6 Å². The van der Waals surface area contributed by atoms with Crippen LogP contribution in [0, 0.1) is 0 Å². The van der Waals surface area contributed by atoms with Crippen molar-refractivity contribution < 1.29 is 15.0 Å². The van der Waals surface area contributed by atoms with Gasteiger partial charge in [0.2, 0.25) is 0 Å². The monoisotopic (exact) mass is 338 g/mol. The van der Waals surface area contributed by atoms with E-state index >= 15 is 0 Å². The lowest BCUT2D eigenvalue weighted by molar-refractivity contribution is -0.136. The molecular formula is C19H30O3S. The normalized spacial score (nSPS) is 12.5. The number of benzene rings is 1. The zero-order valence-electron chi connectivity index (χ0n) is 15.2. The standard InChI is InChI=1S/C19H30O3S/c1-18(2,3)14-11-12(7-8-15(20)21)13(9-10-23)16(17(14)22)19(4,5)6/h11,22-23H,7-10H2,1-6H3,(H,20,21). The van der Waals surface area contributed by atoms with Crippen LogP contribution in [0.3, 0.4) is 0 Å². The van der Waals surface area contributed by atoms with E-state index in [1.165, 1.54) is 0 Å². The number of carboxylic acid groups (broad SMARTS) is 1. The maximum atomic E-state index is 11.0. The molecule has 23 heavy (non-hydrogen) atoms. The smallest absolute Gasteiger partial charge is 0.303 e. The van der Waals surface area contributed by atoms with Gasteiger partial charge in [0.25, 0.3) is 0 Å². The molecule has 0 spiro atoms. The van der Waals surface area contributed by atoms with Crippen molar-refractivity contribution in [2.45, 2.75) is 71.6 Å². The lowest BCUT2D eigenvalue weighted by atomic mass is 9.74. The van der Waals surface area contributed by atoms with Crippen LogP contribution in [-0.4, -0.2) is 21.9 Å². The van der Waals surface area contributed by atoms with Crippen LogP contribution in [-0.2, 0) is 28.5 Å². The molecule has 4 heteroatoms. The molecule has 0 heterocycles. The minimum atomic E-state index is -0.801. The van der Waals surface area contributed by atoms with Gasteiger partial charge in [-0.05, 0) is 46.1 Å². The van der Waals surface area contributed by atoms with E-state index in [4.69, 9.17) is 5.11 Å². The summed E-state index contributed by atoms with van der Waals surface area (Å²) in [6.45, 7) is 12.4. The van der Waals surface area contributed by atoms with Crippen LogP contribution in [0.1, 0.15) is 70.2 Å². The van der Waals surface area contributed by atoms with Crippen LogP contribution < -0.4 is 0 Å². The zero-order chi connectivity index (χ0) is 18.0. The number of aromatic hydroxyl groups is 1. The molecule has 0 aliphatic rings. The molecule has 0 atom stereocenters. The predicted octanol–water partition coefficient (Wildman–Crippen LogP) is 4.48. The Morgan fingerprint density at radius 3 is 2.04 bits per heavy atom. The molecule has 0 radical (unpaired) electrons. The molecule has 0 saturated carbocycles. The fraction of sp³-hybridized carbons (Fsp3) is 0.632. The Kier molecular flexibility index (Phi) is 6.19. The van der Waals surface area contributed by atoms with Gasteiger partial charge in [-0.25, -0.2) is 0 Å². The van der Waals surface area contributed by atoms with Crippen molar-refractivity contribution in [3.63, 3.8) is 0 Å². The average molecular weight is 339 g/mol. The van der Waals surface area contributed by atoms with Gasteiger partial charge in [0.15, 0.2) is 0 Å². The molecule has 0 aliphatic heterocycles. The number of phenolic OH excluding ortho intramolecular Hbond substituents is 1. The Labute approximate surface area is 145 Å². The number of phenols is 1. The maximum absolute atomic E-state index is 11.0. The fourth-order valence-electron chi connectivity index (χ4n) is 3.01. The average Bonchev–Trinajstić information content (AvgIpc) is 2.34. The Morgan fingerprint density at radius 1 is 1.09 bits per heavy atom. The summed E-state index contributed by atoms with van der Waals surface area (Å²) < 4.78 is 0. The third-order valence-electron chi connectivity index (χ3n) is 4.03. The first-order chi connectivity index (χ1) is 10.4. The van der Waals surface area contributed by atoms with Gasteiger partial charge >= 0.3 is 5.97 Å². The summed E-state index contributed by atoms with van der Waals surface area (Å²) >= 11 is 4.35. The van der Waals surface area contributed by atoms with Crippen molar-refractivity contribution in [1.29, 1.82) is 0 Å². The highest BCUT2D eigenvalue weighted by Crippen LogP contribution is 2.43. The van der Waals surface area contributed by atoms with Crippen molar-refractivity contribution in [2.75, 3.05) is 5.75 Å². The second-order valence-corrected chi connectivity index (χ2v) is 8.60. The minimum Gasteiger partial charge on any atom is -0.507 e. The van der Waals surface area contributed by atoms with Crippen molar-refractivity contribution in [1.82, 2.24) is 0 Å². The van der Waals surface area contributed by atoms with Gasteiger partial charge in [-0.2, -0.15) is 12.6 Å². The summed E-state index contributed by atoms with van der Waals surface area (Å²) in [4.78, 5) is 11.0. The van der Waals surface area contributed by atoms with E-state index in [0.29, 0.717) is 17.9 Å². The number of hydrogen-bond donors (Lipinski definition) is 3. The Balaban J connectivity index is 3.68.